The number of hydrazone groups is 1. The number of rotatable bonds is 3. The predicted octanol–water partition coefficient (Wildman–Crippen LogP) is 1.64. The first kappa shape index (κ1) is 13.7. The number of benzene rings is 1. The number of aromatic nitrogens is 2. The molecule has 0 aliphatic heterocycles. The molecular weight excluding hydrogens is 254 g/mol. The largest absolute Gasteiger partial charge is 0.323 e. The van der Waals surface area contributed by atoms with Crippen LogP contribution >= 0.6 is 0 Å². The van der Waals surface area contributed by atoms with Crippen LogP contribution in [0.25, 0.3) is 0 Å². The van der Waals surface area contributed by atoms with E-state index < -0.39 is 0 Å². The fraction of sp³-hybridized carbons (Fsp3) is 0.143. The minimum Gasteiger partial charge on any atom is -0.323 e. The third-order valence-corrected chi connectivity index (χ3v) is 2.74. The number of hydrogen-bond acceptors (Lipinski definition) is 5. The Kier molecular flexibility index (Phi) is 4.05. The van der Waals surface area contributed by atoms with Gasteiger partial charge in [0.15, 0.2) is 0 Å². The Morgan fingerprint density at radius 3 is 2.70 bits per heavy atom. The Bertz CT molecular complexity index is 649. The van der Waals surface area contributed by atoms with Crippen molar-refractivity contribution in [2.75, 3.05) is 5.32 Å². The van der Waals surface area contributed by atoms with Gasteiger partial charge in [-0.2, -0.15) is 5.10 Å². The summed E-state index contributed by atoms with van der Waals surface area (Å²) >= 11 is 0. The summed E-state index contributed by atoms with van der Waals surface area (Å²) in [7, 11) is 0. The van der Waals surface area contributed by atoms with E-state index in [0.717, 1.165) is 16.8 Å². The van der Waals surface area contributed by atoms with Gasteiger partial charge in [0.25, 0.3) is 5.91 Å². The zero-order valence-electron chi connectivity index (χ0n) is 11.3. The standard InChI is InChI=1S/C14H15N5O/c1-9-5-11(7-18-15)3-4-12(9)19-14(20)13-8-16-10(2)6-17-13/h3-8H,15H2,1-2H3,(H,19,20). The number of anilines is 1. The molecule has 1 aromatic carbocycles. The van der Waals surface area contributed by atoms with Crippen molar-refractivity contribution in [3.05, 3.63) is 53.1 Å². The summed E-state index contributed by atoms with van der Waals surface area (Å²) in [5, 5.41) is 6.26. The van der Waals surface area contributed by atoms with E-state index in [0.29, 0.717) is 5.69 Å². The minimum atomic E-state index is -0.291. The Hall–Kier alpha value is -2.76. The van der Waals surface area contributed by atoms with Crippen LogP contribution in [0.4, 0.5) is 5.69 Å². The van der Waals surface area contributed by atoms with Gasteiger partial charge in [0.1, 0.15) is 5.69 Å². The molecule has 6 heteroatoms. The molecule has 2 aromatic rings. The molecule has 0 fully saturated rings. The predicted molar refractivity (Wildman–Crippen MR) is 77.7 cm³/mol. The van der Waals surface area contributed by atoms with Crippen molar-refractivity contribution < 1.29 is 4.79 Å². The van der Waals surface area contributed by atoms with Gasteiger partial charge in [0.2, 0.25) is 0 Å². The molecule has 0 atom stereocenters. The van der Waals surface area contributed by atoms with E-state index in [1.807, 2.05) is 26.0 Å². The van der Waals surface area contributed by atoms with Crippen LogP contribution in [-0.2, 0) is 0 Å². The van der Waals surface area contributed by atoms with Gasteiger partial charge in [-0.3, -0.25) is 9.78 Å². The summed E-state index contributed by atoms with van der Waals surface area (Å²) in [6.07, 6.45) is 4.56. The number of amides is 1. The van der Waals surface area contributed by atoms with E-state index in [4.69, 9.17) is 5.84 Å². The molecule has 3 N–H and O–H groups in total. The third kappa shape index (κ3) is 3.17. The van der Waals surface area contributed by atoms with E-state index in [-0.39, 0.29) is 11.6 Å². The van der Waals surface area contributed by atoms with Crippen LogP contribution in [-0.4, -0.2) is 22.1 Å². The monoisotopic (exact) mass is 269 g/mol. The Morgan fingerprint density at radius 1 is 1.30 bits per heavy atom. The van der Waals surface area contributed by atoms with E-state index >= 15 is 0 Å². The molecule has 0 bridgehead atoms. The highest BCUT2D eigenvalue weighted by atomic mass is 16.1. The van der Waals surface area contributed by atoms with Gasteiger partial charge >= 0.3 is 0 Å². The molecule has 2 rings (SSSR count). The number of hydrogen-bond donors (Lipinski definition) is 2. The third-order valence-electron chi connectivity index (χ3n) is 2.74. The van der Waals surface area contributed by atoms with Crippen molar-refractivity contribution in [2.24, 2.45) is 10.9 Å². The van der Waals surface area contributed by atoms with E-state index in [2.05, 4.69) is 20.4 Å². The summed E-state index contributed by atoms with van der Waals surface area (Å²) in [6, 6.07) is 5.50. The zero-order valence-corrected chi connectivity index (χ0v) is 11.3. The first-order valence-corrected chi connectivity index (χ1v) is 6.04. The van der Waals surface area contributed by atoms with Crippen LogP contribution in [0.5, 0.6) is 0 Å². The van der Waals surface area contributed by atoms with E-state index in [9.17, 15) is 4.79 Å². The highest BCUT2D eigenvalue weighted by Crippen LogP contribution is 2.16. The normalized spacial score (nSPS) is 10.7. The molecular formula is C14H15N5O. The molecule has 0 spiro atoms. The molecule has 6 nitrogen and oxygen atoms in total. The molecule has 0 aliphatic rings. The average molecular weight is 269 g/mol. The molecule has 0 saturated carbocycles. The van der Waals surface area contributed by atoms with Crippen LogP contribution in [0, 0.1) is 13.8 Å². The average Bonchev–Trinajstić information content (AvgIpc) is 2.43. The van der Waals surface area contributed by atoms with Gasteiger partial charge in [0.05, 0.1) is 18.1 Å². The molecule has 0 saturated heterocycles. The van der Waals surface area contributed by atoms with Crippen molar-refractivity contribution in [2.45, 2.75) is 13.8 Å². The maximum absolute atomic E-state index is 12.0. The summed E-state index contributed by atoms with van der Waals surface area (Å²) in [4.78, 5) is 20.1. The lowest BCUT2D eigenvalue weighted by molar-refractivity contribution is 0.102. The summed E-state index contributed by atoms with van der Waals surface area (Å²) in [5.41, 5.74) is 3.55. The van der Waals surface area contributed by atoms with E-state index in [1.165, 1.54) is 6.20 Å². The van der Waals surface area contributed by atoms with Crippen molar-refractivity contribution in [3.63, 3.8) is 0 Å². The van der Waals surface area contributed by atoms with Crippen molar-refractivity contribution in [3.8, 4) is 0 Å². The number of aryl methyl sites for hydroxylation is 2. The van der Waals surface area contributed by atoms with Gasteiger partial charge < -0.3 is 11.2 Å². The van der Waals surface area contributed by atoms with Gasteiger partial charge in [-0.25, -0.2) is 4.98 Å². The Labute approximate surface area is 116 Å². The van der Waals surface area contributed by atoms with Gasteiger partial charge in [0, 0.05) is 11.9 Å². The van der Waals surface area contributed by atoms with Gasteiger partial charge in [-0.05, 0) is 37.1 Å². The summed E-state index contributed by atoms with van der Waals surface area (Å²) in [6.45, 7) is 3.71. The van der Waals surface area contributed by atoms with Crippen molar-refractivity contribution in [1.82, 2.24) is 9.97 Å². The zero-order chi connectivity index (χ0) is 14.5. The first-order valence-electron chi connectivity index (χ1n) is 6.04. The van der Waals surface area contributed by atoms with Crippen LogP contribution in [0.1, 0.15) is 27.3 Å². The maximum atomic E-state index is 12.0. The number of nitrogens with two attached hydrogens (primary N) is 1. The van der Waals surface area contributed by atoms with Crippen molar-refractivity contribution >= 4 is 17.8 Å². The second-order valence-corrected chi connectivity index (χ2v) is 4.35. The molecule has 1 aromatic heterocycles. The molecule has 102 valence electrons. The molecule has 0 radical (unpaired) electrons. The van der Waals surface area contributed by atoms with Crippen molar-refractivity contribution in [1.29, 1.82) is 0 Å². The quantitative estimate of drug-likeness (QED) is 0.503. The van der Waals surface area contributed by atoms with Gasteiger partial charge in [-0.1, -0.05) is 6.07 Å². The summed E-state index contributed by atoms with van der Waals surface area (Å²) < 4.78 is 0. The topological polar surface area (TPSA) is 93.3 Å². The highest BCUT2D eigenvalue weighted by molar-refractivity contribution is 6.03. The SMILES string of the molecule is Cc1cnc(C(=O)Nc2ccc(C=NN)cc2C)cn1. The minimum absolute atomic E-state index is 0.280. The molecule has 1 amide bonds. The second kappa shape index (κ2) is 5.92. The molecule has 1 heterocycles. The van der Waals surface area contributed by atoms with E-state index in [1.54, 1.807) is 18.5 Å². The molecule has 0 unspecified atom stereocenters. The number of carbonyl (C=O) groups excluding carboxylic acids is 1. The van der Waals surface area contributed by atoms with Crippen LogP contribution in [0.15, 0.2) is 35.7 Å². The lowest BCUT2D eigenvalue weighted by Gasteiger charge is -2.08. The van der Waals surface area contributed by atoms with Crippen LogP contribution in [0.3, 0.4) is 0 Å². The molecule has 0 aliphatic carbocycles. The fourth-order valence-corrected chi connectivity index (χ4v) is 1.69. The fourth-order valence-electron chi connectivity index (χ4n) is 1.69. The van der Waals surface area contributed by atoms with Crippen LogP contribution in [0.2, 0.25) is 0 Å². The number of nitrogens with zero attached hydrogens (tertiary/aromatic N) is 3. The first-order chi connectivity index (χ1) is 9.60. The van der Waals surface area contributed by atoms with Crippen LogP contribution < -0.4 is 11.2 Å². The highest BCUT2D eigenvalue weighted by Gasteiger charge is 2.09. The smallest absolute Gasteiger partial charge is 0.275 e. The lowest BCUT2D eigenvalue weighted by atomic mass is 10.1. The second-order valence-electron chi connectivity index (χ2n) is 4.35. The Balaban J connectivity index is 2.17. The lowest BCUT2D eigenvalue weighted by Crippen LogP contribution is -2.15. The number of carbonyl (C=O) groups is 1. The molecule has 20 heavy (non-hydrogen) atoms. The Morgan fingerprint density at radius 2 is 2.10 bits per heavy atom. The maximum Gasteiger partial charge on any atom is 0.275 e. The van der Waals surface area contributed by atoms with Gasteiger partial charge in [-0.15, -0.1) is 0 Å². The number of nitrogens with one attached hydrogen (secondary N) is 1. The summed E-state index contributed by atoms with van der Waals surface area (Å²) in [5.74, 6) is 4.81.